The number of carbonyl (C=O) groups excluding carboxylic acids is 1. The molecule has 1 saturated heterocycles. The molecule has 0 radical (unpaired) electrons. The van der Waals surface area contributed by atoms with E-state index >= 15 is 0 Å². The van der Waals surface area contributed by atoms with Crippen LogP contribution in [0.4, 0.5) is 0 Å². The Labute approximate surface area is 161 Å². The summed E-state index contributed by atoms with van der Waals surface area (Å²) in [4.78, 5) is 21.6. The van der Waals surface area contributed by atoms with Gasteiger partial charge in [0.2, 0.25) is 5.91 Å². The maximum absolute atomic E-state index is 12.7. The monoisotopic (exact) mass is 374 g/mol. The summed E-state index contributed by atoms with van der Waals surface area (Å²) in [5.41, 5.74) is 2.62. The molecule has 6 heteroatoms. The van der Waals surface area contributed by atoms with Gasteiger partial charge in [-0.05, 0) is 38.3 Å². The van der Waals surface area contributed by atoms with Crippen LogP contribution in [-0.4, -0.2) is 64.9 Å². The molecule has 0 atom stereocenters. The summed E-state index contributed by atoms with van der Waals surface area (Å²) in [5, 5.41) is 3.36. The minimum Gasteiger partial charge on any atom is -0.357 e. The first kappa shape index (κ1) is 19.1. The van der Waals surface area contributed by atoms with E-state index in [0.29, 0.717) is 6.54 Å². The van der Waals surface area contributed by atoms with Gasteiger partial charge in [0.1, 0.15) is 6.54 Å². The number of hydrogen-bond acceptors (Lipinski definition) is 3. The van der Waals surface area contributed by atoms with Gasteiger partial charge in [-0.3, -0.25) is 4.79 Å². The zero-order valence-electron chi connectivity index (χ0n) is 16.1. The fourth-order valence-electron chi connectivity index (χ4n) is 3.57. The maximum Gasteiger partial charge on any atom is 0.244 e. The Morgan fingerprint density at radius 3 is 2.73 bits per heavy atom. The van der Waals surface area contributed by atoms with Crippen LogP contribution < -0.4 is 5.32 Å². The van der Waals surface area contributed by atoms with Crippen molar-refractivity contribution < 1.29 is 4.79 Å². The quantitative estimate of drug-likeness (QED) is 0.652. The summed E-state index contributed by atoms with van der Waals surface area (Å²) in [6, 6.07) is 8.40. The molecule has 0 aliphatic carbocycles. The summed E-state index contributed by atoms with van der Waals surface area (Å²) in [6.45, 7) is 11.1. The Kier molecular flexibility index (Phi) is 6.12. The number of guanidine groups is 1. The molecular weight excluding hydrogens is 344 g/mol. The van der Waals surface area contributed by atoms with Gasteiger partial charge in [0.25, 0.3) is 0 Å². The molecule has 0 spiro atoms. The molecule has 3 rings (SSSR count). The number of thioether (sulfide) groups is 1. The first-order chi connectivity index (χ1) is 12.5. The zero-order chi connectivity index (χ0) is 18.6. The minimum atomic E-state index is 0.112. The second kappa shape index (κ2) is 8.33. The van der Waals surface area contributed by atoms with Crippen molar-refractivity contribution in [1.82, 2.24) is 15.1 Å². The topological polar surface area (TPSA) is 47.9 Å². The molecule has 142 valence electrons. The van der Waals surface area contributed by atoms with Gasteiger partial charge in [0.05, 0.1) is 0 Å². The Hall–Kier alpha value is -1.69. The number of benzene rings is 1. The van der Waals surface area contributed by atoms with Gasteiger partial charge in [0.15, 0.2) is 5.96 Å². The molecule has 2 heterocycles. The molecule has 0 unspecified atom stereocenters. The van der Waals surface area contributed by atoms with E-state index in [1.54, 1.807) is 0 Å². The van der Waals surface area contributed by atoms with E-state index in [2.05, 4.69) is 54.2 Å². The standard InChI is InChI=1S/C20H30N4OS/c1-4-21-19(24-11-12-26-20(2,3)15-24)22-13-18(25)23-10-9-16-7-5-6-8-17(16)14-23/h5-8H,4,9-15H2,1-3H3,(H,21,22). The smallest absolute Gasteiger partial charge is 0.244 e. The van der Waals surface area contributed by atoms with Gasteiger partial charge in [-0.15, -0.1) is 0 Å². The van der Waals surface area contributed by atoms with Crippen molar-refractivity contribution in [2.75, 3.05) is 38.5 Å². The summed E-state index contributed by atoms with van der Waals surface area (Å²) < 4.78 is 0.217. The van der Waals surface area contributed by atoms with E-state index < -0.39 is 0 Å². The second-order valence-electron chi connectivity index (χ2n) is 7.53. The van der Waals surface area contributed by atoms with Gasteiger partial charge in [-0.25, -0.2) is 4.99 Å². The van der Waals surface area contributed by atoms with Crippen LogP contribution in [0.25, 0.3) is 0 Å². The average Bonchev–Trinajstić information content (AvgIpc) is 2.63. The molecule has 1 aromatic carbocycles. The minimum absolute atomic E-state index is 0.112. The predicted molar refractivity (Wildman–Crippen MR) is 110 cm³/mol. The highest BCUT2D eigenvalue weighted by Crippen LogP contribution is 2.29. The summed E-state index contributed by atoms with van der Waals surface area (Å²) >= 11 is 2.00. The third-order valence-electron chi connectivity index (χ3n) is 4.91. The lowest BCUT2D eigenvalue weighted by molar-refractivity contribution is -0.130. The van der Waals surface area contributed by atoms with Crippen LogP contribution in [0.3, 0.4) is 0 Å². The largest absolute Gasteiger partial charge is 0.357 e. The van der Waals surface area contributed by atoms with Crippen LogP contribution >= 0.6 is 11.8 Å². The molecule has 0 bridgehead atoms. The van der Waals surface area contributed by atoms with E-state index in [9.17, 15) is 4.79 Å². The maximum atomic E-state index is 12.7. The molecule has 2 aliphatic rings. The molecule has 1 aromatic rings. The van der Waals surface area contributed by atoms with Crippen molar-refractivity contribution in [3.8, 4) is 0 Å². The molecule has 2 aliphatic heterocycles. The van der Waals surface area contributed by atoms with Crippen molar-refractivity contribution in [3.63, 3.8) is 0 Å². The number of hydrogen-bond donors (Lipinski definition) is 1. The lowest BCUT2D eigenvalue weighted by Gasteiger charge is -2.39. The molecule has 1 amide bonds. The number of nitrogens with one attached hydrogen (secondary N) is 1. The fraction of sp³-hybridized carbons (Fsp3) is 0.600. The van der Waals surface area contributed by atoms with E-state index in [1.165, 1.54) is 11.1 Å². The number of amides is 1. The van der Waals surface area contributed by atoms with Gasteiger partial charge in [-0.2, -0.15) is 11.8 Å². The highest BCUT2D eigenvalue weighted by molar-refractivity contribution is 8.00. The Balaban J connectivity index is 1.63. The van der Waals surface area contributed by atoms with Crippen LogP contribution in [0.5, 0.6) is 0 Å². The van der Waals surface area contributed by atoms with Crippen LogP contribution in [-0.2, 0) is 17.8 Å². The summed E-state index contributed by atoms with van der Waals surface area (Å²) in [7, 11) is 0. The SMILES string of the molecule is CCNC(=NCC(=O)N1CCc2ccccc2C1)N1CCSC(C)(C)C1. The zero-order valence-corrected chi connectivity index (χ0v) is 16.9. The highest BCUT2D eigenvalue weighted by Gasteiger charge is 2.29. The van der Waals surface area contributed by atoms with Crippen molar-refractivity contribution in [1.29, 1.82) is 0 Å². The third-order valence-corrected chi connectivity index (χ3v) is 6.20. The van der Waals surface area contributed by atoms with Crippen LogP contribution in [0.2, 0.25) is 0 Å². The normalized spacial score (nSPS) is 19.9. The van der Waals surface area contributed by atoms with Crippen LogP contribution in [0.15, 0.2) is 29.3 Å². The van der Waals surface area contributed by atoms with Crippen molar-refractivity contribution in [3.05, 3.63) is 35.4 Å². The summed E-state index contributed by atoms with van der Waals surface area (Å²) in [5.74, 6) is 2.07. The van der Waals surface area contributed by atoms with E-state index in [1.807, 2.05) is 22.7 Å². The van der Waals surface area contributed by atoms with Crippen molar-refractivity contribution in [2.45, 2.75) is 38.5 Å². The van der Waals surface area contributed by atoms with Crippen molar-refractivity contribution in [2.24, 2.45) is 4.99 Å². The highest BCUT2D eigenvalue weighted by atomic mass is 32.2. The van der Waals surface area contributed by atoms with E-state index in [4.69, 9.17) is 0 Å². The first-order valence-electron chi connectivity index (χ1n) is 9.50. The van der Waals surface area contributed by atoms with Crippen LogP contribution in [0.1, 0.15) is 31.9 Å². The number of aliphatic imine (C=N–C) groups is 1. The number of fused-ring (bicyclic) bond motifs is 1. The average molecular weight is 375 g/mol. The fourth-order valence-corrected chi connectivity index (χ4v) is 4.69. The van der Waals surface area contributed by atoms with Crippen molar-refractivity contribution >= 4 is 23.6 Å². The van der Waals surface area contributed by atoms with E-state index in [-0.39, 0.29) is 17.2 Å². The molecule has 0 aromatic heterocycles. The van der Waals surface area contributed by atoms with Gasteiger partial charge < -0.3 is 15.1 Å². The third kappa shape index (κ3) is 4.72. The molecule has 1 N–H and O–H groups in total. The van der Waals surface area contributed by atoms with Gasteiger partial charge in [-0.1, -0.05) is 24.3 Å². The van der Waals surface area contributed by atoms with Crippen LogP contribution in [0, 0.1) is 0 Å². The Bertz CT molecular complexity index is 674. The molecule has 26 heavy (non-hydrogen) atoms. The lowest BCUT2D eigenvalue weighted by Crippen LogP contribution is -2.51. The molecule has 1 fully saturated rings. The van der Waals surface area contributed by atoms with Gasteiger partial charge >= 0.3 is 0 Å². The Morgan fingerprint density at radius 2 is 2.00 bits per heavy atom. The Morgan fingerprint density at radius 1 is 1.23 bits per heavy atom. The summed E-state index contributed by atoms with van der Waals surface area (Å²) in [6.07, 6.45) is 0.934. The number of nitrogens with zero attached hydrogens (tertiary/aromatic N) is 3. The van der Waals surface area contributed by atoms with Gasteiger partial charge in [0, 0.05) is 43.2 Å². The molecule has 0 saturated carbocycles. The first-order valence-corrected chi connectivity index (χ1v) is 10.5. The molecule has 5 nitrogen and oxygen atoms in total. The predicted octanol–water partition coefficient (Wildman–Crippen LogP) is 2.36. The van der Waals surface area contributed by atoms with E-state index in [0.717, 1.165) is 44.3 Å². The second-order valence-corrected chi connectivity index (χ2v) is 9.34. The number of rotatable bonds is 3. The number of carbonyl (C=O) groups is 1. The molecular formula is C20H30N4OS. The lowest BCUT2D eigenvalue weighted by atomic mass is 10.00.